The monoisotopic (exact) mass is 406 g/mol. The van der Waals surface area contributed by atoms with E-state index in [1.54, 1.807) is 7.11 Å². The molecule has 0 radical (unpaired) electrons. The van der Waals surface area contributed by atoms with E-state index in [2.05, 4.69) is 10.2 Å². The molecule has 2 fully saturated rings. The molecule has 26 heavy (non-hydrogen) atoms. The number of nitrogens with one attached hydrogen (secondary N) is 1. The van der Waals surface area contributed by atoms with Crippen LogP contribution in [0, 0.1) is 5.92 Å². The molecule has 0 bridgehead atoms. The molecule has 0 aliphatic carbocycles. The molecule has 7 heteroatoms. The maximum Gasteiger partial charge on any atom is 0.119 e. The molecule has 1 atom stereocenters. The summed E-state index contributed by atoms with van der Waals surface area (Å²) in [7, 11) is 1.67. The van der Waals surface area contributed by atoms with Gasteiger partial charge in [0.15, 0.2) is 0 Å². The van der Waals surface area contributed by atoms with Crippen molar-refractivity contribution in [2.45, 2.75) is 31.3 Å². The SMILES string of the molecule is COc1ccc(OCC2CCN(CC3(O)CCCNC3)CC2)cc1.Cl.Cl. The van der Waals surface area contributed by atoms with Crippen molar-refractivity contribution in [2.75, 3.05) is 46.4 Å². The molecule has 1 aromatic rings. The maximum atomic E-state index is 10.6. The first-order valence-electron chi connectivity index (χ1n) is 9.09. The Bertz CT molecular complexity index is 502. The molecule has 1 unspecified atom stereocenters. The standard InChI is InChI=1S/C19H30N2O3.2ClH/c1-23-17-3-5-18(6-4-17)24-13-16-7-11-21(12-8-16)15-19(22)9-2-10-20-14-19;;/h3-6,16,20,22H,2,7-15H2,1H3;2*1H. The molecule has 150 valence electrons. The Kier molecular flexibility index (Phi) is 10.0. The second-order valence-corrected chi connectivity index (χ2v) is 7.21. The van der Waals surface area contributed by atoms with Crippen molar-refractivity contribution < 1.29 is 14.6 Å². The van der Waals surface area contributed by atoms with Gasteiger partial charge in [-0.2, -0.15) is 0 Å². The zero-order valence-corrected chi connectivity index (χ0v) is 17.1. The molecule has 1 aromatic carbocycles. The van der Waals surface area contributed by atoms with Crippen LogP contribution in [-0.2, 0) is 0 Å². The molecule has 0 saturated carbocycles. The smallest absolute Gasteiger partial charge is 0.119 e. The van der Waals surface area contributed by atoms with E-state index in [4.69, 9.17) is 9.47 Å². The predicted molar refractivity (Wildman–Crippen MR) is 109 cm³/mol. The van der Waals surface area contributed by atoms with Gasteiger partial charge in [-0.1, -0.05) is 0 Å². The first kappa shape index (κ1) is 23.3. The molecule has 2 aliphatic heterocycles. The number of halogens is 2. The van der Waals surface area contributed by atoms with Gasteiger partial charge in [0.25, 0.3) is 0 Å². The number of piperidine rings is 2. The zero-order valence-electron chi connectivity index (χ0n) is 15.5. The molecule has 2 N–H and O–H groups in total. The van der Waals surface area contributed by atoms with Gasteiger partial charge in [0.2, 0.25) is 0 Å². The highest BCUT2D eigenvalue weighted by atomic mass is 35.5. The Labute approximate surface area is 169 Å². The maximum absolute atomic E-state index is 10.6. The van der Waals surface area contributed by atoms with Crippen molar-refractivity contribution in [1.29, 1.82) is 0 Å². The van der Waals surface area contributed by atoms with Gasteiger partial charge in [0, 0.05) is 13.1 Å². The third-order valence-corrected chi connectivity index (χ3v) is 5.22. The molecule has 2 heterocycles. The number of benzene rings is 1. The summed E-state index contributed by atoms with van der Waals surface area (Å²) in [5, 5.41) is 14.0. The minimum atomic E-state index is -0.537. The largest absolute Gasteiger partial charge is 0.497 e. The molecule has 0 spiro atoms. The average Bonchev–Trinajstić information content (AvgIpc) is 2.62. The fraction of sp³-hybridized carbons (Fsp3) is 0.684. The van der Waals surface area contributed by atoms with Crippen LogP contribution in [0.3, 0.4) is 0 Å². The summed E-state index contributed by atoms with van der Waals surface area (Å²) in [5.74, 6) is 2.36. The minimum Gasteiger partial charge on any atom is -0.497 e. The summed E-state index contributed by atoms with van der Waals surface area (Å²) in [6.07, 6.45) is 4.27. The molecule has 3 rings (SSSR count). The second-order valence-electron chi connectivity index (χ2n) is 7.21. The van der Waals surface area contributed by atoms with Gasteiger partial charge in [-0.3, -0.25) is 0 Å². The molecular weight excluding hydrogens is 375 g/mol. The van der Waals surface area contributed by atoms with Gasteiger partial charge >= 0.3 is 0 Å². The van der Waals surface area contributed by atoms with E-state index in [-0.39, 0.29) is 24.8 Å². The Morgan fingerprint density at radius 2 is 1.81 bits per heavy atom. The molecular formula is C19H32Cl2N2O3. The summed E-state index contributed by atoms with van der Waals surface area (Å²) in [5.41, 5.74) is -0.537. The number of likely N-dealkylation sites (tertiary alicyclic amines) is 1. The number of rotatable bonds is 6. The number of nitrogens with zero attached hydrogens (tertiary/aromatic N) is 1. The lowest BCUT2D eigenvalue weighted by Gasteiger charge is -2.40. The second kappa shape index (κ2) is 11.2. The van der Waals surface area contributed by atoms with E-state index in [0.717, 1.165) is 76.5 Å². The van der Waals surface area contributed by atoms with E-state index in [1.807, 2.05) is 24.3 Å². The van der Waals surface area contributed by atoms with Gasteiger partial charge in [-0.15, -0.1) is 24.8 Å². The topological polar surface area (TPSA) is 54.0 Å². The van der Waals surface area contributed by atoms with Crippen LogP contribution in [0.15, 0.2) is 24.3 Å². The van der Waals surface area contributed by atoms with Crippen molar-refractivity contribution in [1.82, 2.24) is 10.2 Å². The molecule has 0 aromatic heterocycles. The highest BCUT2D eigenvalue weighted by molar-refractivity contribution is 5.85. The van der Waals surface area contributed by atoms with Crippen LogP contribution >= 0.6 is 24.8 Å². The lowest BCUT2D eigenvalue weighted by molar-refractivity contribution is -0.0238. The quantitative estimate of drug-likeness (QED) is 0.760. The lowest BCUT2D eigenvalue weighted by Crippen LogP contribution is -2.54. The summed E-state index contributed by atoms with van der Waals surface area (Å²) < 4.78 is 11.1. The van der Waals surface area contributed by atoms with E-state index in [0.29, 0.717) is 5.92 Å². The normalized spacial score (nSPS) is 24.2. The number of hydrogen-bond donors (Lipinski definition) is 2. The highest BCUT2D eigenvalue weighted by Gasteiger charge is 2.32. The molecule has 2 saturated heterocycles. The van der Waals surface area contributed by atoms with Crippen molar-refractivity contribution in [2.24, 2.45) is 5.92 Å². The van der Waals surface area contributed by atoms with E-state index in [1.165, 1.54) is 0 Å². The number of hydrogen-bond acceptors (Lipinski definition) is 5. The van der Waals surface area contributed by atoms with Crippen molar-refractivity contribution in [3.63, 3.8) is 0 Å². The van der Waals surface area contributed by atoms with Crippen molar-refractivity contribution in [3.8, 4) is 11.5 Å². The van der Waals surface area contributed by atoms with E-state index >= 15 is 0 Å². The summed E-state index contributed by atoms with van der Waals surface area (Å²) in [6.45, 7) is 5.44. The van der Waals surface area contributed by atoms with Gasteiger partial charge < -0.3 is 24.8 Å². The van der Waals surface area contributed by atoms with Crippen LogP contribution in [0.25, 0.3) is 0 Å². The fourth-order valence-corrected chi connectivity index (χ4v) is 3.70. The Hall–Kier alpha value is -0.720. The van der Waals surface area contributed by atoms with Crippen LogP contribution < -0.4 is 14.8 Å². The number of ether oxygens (including phenoxy) is 2. The van der Waals surface area contributed by atoms with E-state index in [9.17, 15) is 5.11 Å². The summed E-state index contributed by atoms with van der Waals surface area (Å²) >= 11 is 0. The van der Waals surface area contributed by atoms with Crippen LogP contribution in [0.4, 0.5) is 0 Å². The third-order valence-electron chi connectivity index (χ3n) is 5.22. The van der Waals surface area contributed by atoms with Crippen molar-refractivity contribution in [3.05, 3.63) is 24.3 Å². The average molecular weight is 407 g/mol. The summed E-state index contributed by atoms with van der Waals surface area (Å²) in [6, 6.07) is 7.77. The number of aliphatic hydroxyl groups is 1. The Morgan fingerprint density at radius 3 is 2.38 bits per heavy atom. The fourth-order valence-electron chi connectivity index (χ4n) is 3.70. The molecule has 5 nitrogen and oxygen atoms in total. The molecule has 0 amide bonds. The highest BCUT2D eigenvalue weighted by Crippen LogP contribution is 2.24. The van der Waals surface area contributed by atoms with Crippen molar-refractivity contribution >= 4 is 24.8 Å². The van der Waals surface area contributed by atoms with Crippen LogP contribution in [0.2, 0.25) is 0 Å². The van der Waals surface area contributed by atoms with Crippen LogP contribution in [0.1, 0.15) is 25.7 Å². The summed E-state index contributed by atoms with van der Waals surface area (Å²) in [4.78, 5) is 2.41. The van der Waals surface area contributed by atoms with Gasteiger partial charge in [0.1, 0.15) is 11.5 Å². The minimum absolute atomic E-state index is 0. The van der Waals surface area contributed by atoms with Gasteiger partial charge in [0.05, 0.1) is 19.3 Å². The zero-order chi connectivity index (χ0) is 16.8. The van der Waals surface area contributed by atoms with Gasteiger partial charge in [-0.05, 0) is 75.5 Å². The number of β-amino-alcohol motifs (C(OH)–C–C–N with tert-alkyl or cyclic N) is 1. The third kappa shape index (κ3) is 6.78. The Balaban J connectivity index is 0.00000169. The Morgan fingerprint density at radius 1 is 1.15 bits per heavy atom. The van der Waals surface area contributed by atoms with E-state index < -0.39 is 5.60 Å². The van der Waals surface area contributed by atoms with Gasteiger partial charge in [-0.25, -0.2) is 0 Å². The molecule has 2 aliphatic rings. The van der Waals surface area contributed by atoms with Crippen LogP contribution in [0.5, 0.6) is 11.5 Å². The first-order chi connectivity index (χ1) is 11.7. The number of methoxy groups -OCH3 is 1. The lowest BCUT2D eigenvalue weighted by atomic mass is 9.91. The first-order valence-corrected chi connectivity index (χ1v) is 9.09. The predicted octanol–water partition coefficient (Wildman–Crippen LogP) is 2.74. The van der Waals surface area contributed by atoms with Crippen LogP contribution in [-0.4, -0.2) is 62.0 Å².